The fraction of sp³-hybridized carbons (Fsp3) is 0.600. The first-order valence-electron chi connectivity index (χ1n) is 7.22. The number of aryl methyl sites for hydroxylation is 1. The second kappa shape index (κ2) is 6.34. The van der Waals surface area contributed by atoms with Gasteiger partial charge in [-0.25, -0.2) is 8.42 Å². The minimum Gasteiger partial charge on any atom is -0.398 e. The molecular weight excluding hydrogens is 288 g/mol. The van der Waals surface area contributed by atoms with Crippen LogP contribution in [0, 0.1) is 19.8 Å². The lowest BCUT2D eigenvalue weighted by Gasteiger charge is -2.32. The van der Waals surface area contributed by atoms with Gasteiger partial charge in [0.1, 0.15) is 0 Å². The van der Waals surface area contributed by atoms with Gasteiger partial charge in [-0.3, -0.25) is 0 Å². The van der Waals surface area contributed by atoms with Crippen molar-refractivity contribution in [2.45, 2.75) is 31.6 Å². The van der Waals surface area contributed by atoms with Crippen LogP contribution in [0.1, 0.15) is 24.0 Å². The fourth-order valence-corrected chi connectivity index (χ4v) is 5.00. The van der Waals surface area contributed by atoms with Crippen molar-refractivity contribution in [3.63, 3.8) is 0 Å². The molecule has 1 aliphatic rings. The molecule has 118 valence electrons. The van der Waals surface area contributed by atoms with Crippen LogP contribution in [0.25, 0.3) is 0 Å². The van der Waals surface area contributed by atoms with Crippen LogP contribution in [0.2, 0.25) is 0 Å². The van der Waals surface area contributed by atoms with Crippen LogP contribution < -0.4 is 5.73 Å². The van der Waals surface area contributed by atoms with E-state index < -0.39 is 10.0 Å². The molecule has 0 aliphatic carbocycles. The number of hydrogen-bond acceptors (Lipinski definition) is 4. The van der Waals surface area contributed by atoms with Crippen molar-refractivity contribution >= 4 is 15.7 Å². The lowest BCUT2D eigenvalue weighted by atomic mass is 10.0. The Morgan fingerprint density at radius 1 is 1.38 bits per heavy atom. The minimum absolute atomic E-state index is 0.264. The zero-order valence-electron chi connectivity index (χ0n) is 12.9. The molecule has 0 bridgehead atoms. The summed E-state index contributed by atoms with van der Waals surface area (Å²) in [5.41, 5.74) is 7.79. The molecule has 1 aromatic rings. The van der Waals surface area contributed by atoms with Crippen LogP contribution in [0.4, 0.5) is 5.69 Å². The van der Waals surface area contributed by atoms with E-state index in [1.807, 2.05) is 6.92 Å². The summed E-state index contributed by atoms with van der Waals surface area (Å²) in [6.45, 7) is 5.27. The van der Waals surface area contributed by atoms with Crippen LogP contribution in [-0.4, -0.2) is 39.5 Å². The first-order chi connectivity index (χ1) is 9.87. The molecule has 6 heteroatoms. The monoisotopic (exact) mass is 312 g/mol. The molecule has 0 spiro atoms. The Kier molecular flexibility index (Phi) is 4.91. The average Bonchev–Trinajstić information content (AvgIpc) is 2.44. The van der Waals surface area contributed by atoms with E-state index in [2.05, 4.69) is 0 Å². The van der Waals surface area contributed by atoms with Gasteiger partial charge in [0.25, 0.3) is 0 Å². The number of nitrogens with two attached hydrogens (primary N) is 1. The normalized spacial score (nSPS) is 20.6. The summed E-state index contributed by atoms with van der Waals surface area (Å²) in [4.78, 5) is 0.362. The molecule has 0 saturated carbocycles. The number of nitrogens with zero attached hydrogens (tertiary/aromatic N) is 1. The summed E-state index contributed by atoms with van der Waals surface area (Å²) in [7, 11) is -1.85. The molecule has 0 aromatic heterocycles. The van der Waals surface area contributed by atoms with Crippen molar-refractivity contribution in [2.24, 2.45) is 5.92 Å². The van der Waals surface area contributed by atoms with E-state index >= 15 is 0 Å². The van der Waals surface area contributed by atoms with Gasteiger partial charge < -0.3 is 10.5 Å². The molecule has 1 aliphatic heterocycles. The predicted molar refractivity (Wildman–Crippen MR) is 83.7 cm³/mol. The van der Waals surface area contributed by atoms with Crippen LogP contribution in [0.15, 0.2) is 17.0 Å². The van der Waals surface area contributed by atoms with Gasteiger partial charge in [0.05, 0.1) is 11.5 Å². The quantitative estimate of drug-likeness (QED) is 0.862. The molecule has 1 fully saturated rings. The summed E-state index contributed by atoms with van der Waals surface area (Å²) in [6.07, 6.45) is 1.88. The molecular formula is C15H24N2O3S. The third kappa shape index (κ3) is 3.22. The van der Waals surface area contributed by atoms with Crippen molar-refractivity contribution in [2.75, 3.05) is 32.5 Å². The van der Waals surface area contributed by atoms with E-state index in [1.165, 1.54) is 0 Å². The number of rotatable bonds is 4. The van der Waals surface area contributed by atoms with E-state index in [1.54, 1.807) is 30.5 Å². The summed E-state index contributed by atoms with van der Waals surface area (Å²) >= 11 is 0. The molecule has 1 saturated heterocycles. The lowest BCUT2D eigenvalue weighted by Crippen LogP contribution is -2.41. The molecule has 5 nitrogen and oxygen atoms in total. The molecule has 0 radical (unpaired) electrons. The first kappa shape index (κ1) is 16.3. The van der Waals surface area contributed by atoms with Crippen molar-refractivity contribution in [1.82, 2.24) is 4.31 Å². The van der Waals surface area contributed by atoms with Gasteiger partial charge in [-0.05, 0) is 49.8 Å². The second-order valence-electron chi connectivity index (χ2n) is 5.75. The molecule has 1 heterocycles. The molecule has 1 atom stereocenters. The number of benzene rings is 1. The van der Waals surface area contributed by atoms with Gasteiger partial charge in [0.2, 0.25) is 10.0 Å². The Labute approximate surface area is 127 Å². The number of sulfonamides is 1. The Morgan fingerprint density at radius 3 is 2.76 bits per heavy atom. The Balaban J connectivity index is 2.36. The average molecular weight is 312 g/mol. The largest absolute Gasteiger partial charge is 0.398 e. The SMILES string of the molecule is COCC1CCCN(S(=O)(=O)c2c(C)ccc(N)c2C)C1. The maximum Gasteiger partial charge on any atom is 0.243 e. The number of methoxy groups -OCH3 is 1. The zero-order valence-corrected chi connectivity index (χ0v) is 13.7. The van der Waals surface area contributed by atoms with Gasteiger partial charge >= 0.3 is 0 Å². The van der Waals surface area contributed by atoms with E-state index in [4.69, 9.17) is 10.5 Å². The van der Waals surface area contributed by atoms with E-state index in [0.717, 1.165) is 18.4 Å². The van der Waals surface area contributed by atoms with Gasteiger partial charge in [0, 0.05) is 25.9 Å². The standard InChI is InChI=1S/C15H24N2O3S/c1-11-6-7-14(16)12(2)15(11)21(18,19)17-8-4-5-13(9-17)10-20-3/h6-7,13H,4-5,8-10,16H2,1-3H3. The van der Waals surface area contributed by atoms with Crippen LogP contribution >= 0.6 is 0 Å². The first-order valence-corrected chi connectivity index (χ1v) is 8.66. The van der Waals surface area contributed by atoms with Gasteiger partial charge in [0.15, 0.2) is 0 Å². The summed E-state index contributed by atoms with van der Waals surface area (Å²) < 4.78 is 32.7. The molecule has 1 aromatic carbocycles. The third-order valence-corrected chi connectivity index (χ3v) is 6.28. The van der Waals surface area contributed by atoms with Crippen molar-refractivity contribution in [3.8, 4) is 0 Å². The highest BCUT2D eigenvalue weighted by atomic mass is 32.2. The van der Waals surface area contributed by atoms with E-state index in [9.17, 15) is 8.42 Å². The molecule has 0 amide bonds. The second-order valence-corrected chi connectivity index (χ2v) is 7.63. The Bertz CT molecular complexity index is 612. The zero-order chi connectivity index (χ0) is 15.6. The molecule has 2 rings (SSSR count). The van der Waals surface area contributed by atoms with Crippen LogP contribution in [0.3, 0.4) is 0 Å². The van der Waals surface area contributed by atoms with E-state index in [-0.39, 0.29) is 5.92 Å². The van der Waals surface area contributed by atoms with Gasteiger partial charge in [-0.2, -0.15) is 4.31 Å². The highest BCUT2D eigenvalue weighted by Gasteiger charge is 2.32. The molecule has 2 N–H and O–H groups in total. The molecule has 21 heavy (non-hydrogen) atoms. The Hall–Kier alpha value is -1.11. The topological polar surface area (TPSA) is 72.6 Å². The number of nitrogen functional groups attached to an aromatic ring is 1. The van der Waals surface area contributed by atoms with Crippen LogP contribution in [0.5, 0.6) is 0 Å². The number of ether oxygens (including phenoxy) is 1. The summed E-state index contributed by atoms with van der Waals surface area (Å²) in [6, 6.07) is 3.53. The summed E-state index contributed by atoms with van der Waals surface area (Å²) in [5, 5.41) is 0. The van der Waals surface area contributed by atoms with Crippen molar-refractivity contribution in [1.29, 1.82) is 0 Å². The maximum absolute atomic E-state index is 13.0. The fourth-order valence-electron chi connectivity index (χ4n) is 2.99. The number of anilines is 1. The van der Waals surface area contributed by atoms with E-state index in [0.29, 0.717) is 35.8 Å². The molecule has 1 unspecified atom stereocenters. The number of piperidine rings is 1. The number of hydrogen-bond donors (Lipinski definition) is 1. The highest BCUT2D eigenvalue weighted by Crippen LogP contribution is 2.30. The smallest absolute Gasteiger partial charge is 0.243 e. The Morgan fingerprint density at radius 2 is 2.10 bits per heavy atom. The predicted octanol–water partition coefficient (Wildman–Crippen LogP) is 1.93. The minimum atomic E-state index is -3.50. The van der Waals surface area contributed by atoms with Gasteiger partial charge in [-0.1, -0.05) is 6.07 Å². The third-order valence-electron chi connectivity index (χ3n) is 4.13. The van der Waals surface area contributed by atoms with Crippen LogP contribution in [-0.2, 0) is 14.8 Å². The van der Waals surface area contributed by atoms with Gasteiger partial charge in [-0.15, -0.1) is 0 Å². The summed E-state index contributed by atoms with van der Waals surface area (Å²) in [5.74, 6) is 0.264. The maximum atomic E-state index is 13.0. The highest BCUT2D eigenvalue weighted by molar-refractivity contribution is 7.89. The lowest BCUT2D eigenvalue weighted by molar-refractivity contribution is 0.118. The van der Waals surface area contributed by atoms with Crippen molar-refractivity contribution in [3.05, 3.63) is 23.3 Å². The van der Waals surface area contributed by atoms with Crippen molar-refractivity contribution < 1.29 is 13.2 Å².